The van der Waals surface area contributed by atoms with Crippen LogP contribution in [-0.2, 0) is 4.79 Å². The van der Waals surface area contributed by atoms with E-state index in [1.807, 2.05) is 38.1 Å². The highest BCUT2D eigenvalue weighted by Crippen LogP contribution is 2.26. The van der Waals surface area contributed by atoms with Crippen LogP contribution in [0, 0.1) is 5.41 Å². The maximum absolute atomic E-state index is 12.3. The Morgan fingerprint density at radius 2 is 2.21 bits per heavy atom. The summed E-state index contributed by atoms with van der Waals surface area (Å²) in [5.41, 5.74) is 5.96. The van der Waals surface area contributed by atoms with Crippen LogP contribution in [0.3, 0.4) is 0 Å². The molecule has 100 valence electrons. The molecule has 0 aliphatic rings. The molecule has 19 heavy (non-hydrogen) atoms. The second-order valence-electron chi connectivity index (χ2n) is 4.97. The lowest BCUT2D eigenvalue weighted by Crippen LogP contribution is -2.39. The molecule has 0 radical (unpaired) electrons. The predicted octanol–water partition coefficient (Wildman–Crippen LogP) is 2.55. The average Bonchev–Trinajstić information content (AvgIpc) is 2.46. The van der Waals surface area contributed by atoms with E-state index in [1.54, 1.807) is 12.4 Å². The molecule has 0 saturated heterocycles. The number of benzene rings is 1. The van der Waals surface area contributed by atoms with E-state index in [4.69, 9.17) is 5.73 Å². The molecule has 0 aliphatic heterocycles. The highest BCUT2D eigenvalue weighted by molar-refractivity contribution is 6.03. The van der Waals surface area contributed by atoms with Crippen LogP contribution < -0.4 is 11.1 Å². The first kappa shape index (κ1) is 13.5. The van der Waals surface area contributed by atoms with Crippen molar-refractivity contribution in [3.05, 3.63) is 36.7 Å². The fourth-order valence-corrected chi connectivity index (χ4v) is 1.89. The fraction of sp³-hybridized carbons (Fsp3) is 0.333. The van der Waals surface area contributed by atoms with Crippen LogP contribution in [0.15, 0.2) is 36.7 Å². The molecule has 0 saturated carbocycles. The fourth-order valence-electron chi connectivity index (χ4n) is 1.89. The van der Waals surface area contributed by atoms with Crippen molar-refractivity contribution in [1.29, 1.82) is 0 Å². The van der Waals surface area contributed by atoms with E-state index in [1.165, 1.54) is 0 Å². The molecule has 1 unspecified atom stereocenters. The Kier molecular flexibility index (Phi) is 3.81. The second kappa shape index (κ2) is 5.36. The van der Waals surface area contributed by atoms with Crippen LogP contribution in [0.2, 0.25) is 0 Å². The number of anilines is 1. The van der Waals surface area contributed by atoms with E-state index in [0.29, 0.717) is 13.0 Å². The molecule has 3 N–H and O–H groups in total. The number of carbonyl (C=O) groups is 1. The van der Waals surface area contributed by atoms with Gasteiger partial charge in [0.1, 0.15) is 0 Å². The number of amides is 1. The number of nitrogens with one attached hydrogen (secondary N) is 1. The van der Waals surface area contributed by atoms with Crippen molar-refractivity contribution in [1.82, 2.24) is 4.98 Å². The lowest BCUT2D eigenvalue weighted by Gasteiger charge is -2.25. The molecule has 1 amide bonds. The number of nitrogens with two attached hydrogens (primary N) is 1. The van der Waals surface area contributed by atoms with E-state index in [-0.39, 0.29) is 5.91 Å². The highest BCUT2D eigenvalue weighted by Gasteiger charge is 2.29. The van der Waals surface area contributed by atoms with Crippen LogP contribution in [-0.4, -0.2) is 17.4 Å². The average molecular weight is 257 g/mol. The first-order valence-electron chi connectivity index (χ1n) is 6.45. The lowest BCUT2D eigenvalue weighted by molar-refractivity contribution is -0.124. The van der Waals surface area contributed by atoms with E-state index in [0.717, 1.165) is 16.5 Å². The highest BCUT2D eigenvalue weighted by atomic mass is 16.2. The summed E-state index contributed by atoms with van der Waals surface area (Å²) in [6, 6.07) is 7.72. The van der Waals surface area contributed by atoms with Gasteiger partial charge < -0.3 is 11.1 Å². The smallest absolute Gasteiger partial charge is 0.231 e. The molecule has 0 aliphatic carbocycles. The van der Waals surface area contributed by atoms with E-state index < -0.39 is 5.41 Å². The van der Waals surface area contributed by atoms with Gasteiger partial charge in [0.2, 0.25) is 5.91 Å². The molecular weight excluding hydrogens is 238 g/mol. The summed E-state index contributed by atoms with van der Waals surface area (Å²) >= 11 is 0. The number of pyridine rings is 1. The van der Waals surface area contributed by atoms with Crippen LogP contribution >= 0.6 is 0 Å². The first-order chi connectivity index (χ1) is 9.10. The minimum atomic E-state index is -0.537. The van der Waals surface area contributed by atoms with Crippen molar-refractivity contribution >= 4 is 22.4 Å². The molecule has 1 aromatic carbocycles. The standard InChI is InChI=1S/C15H19N3O/c1-3-15(2,10-16)14(19)18-13-6-4-5-11-7-8-17-9-12(11)13/h4-9H,3,10,16H2,1-2H3,(H,18,19). The third-order valence-corrected chi connectivity index (χ3v) is 3.71. The number of rotatable bonds is 4. The molecular formula is C15H19N3O. The molecule has 0 fully saturated rings. The number of aromatic nitrogens is 1. The van der Waals surface area contributed by atoms with Gasteiger partial charge in [0.25, 0.3) is 0 Å². The summed E-state index contributed by atoms with van der Waals surface area (Å²) in [6.45, 7) is 4.18. The minimum Gasteiger partial charge on any atom is -0.329 e. The van der Waals surface area contributed by atoms with Gasteiger partial charge in [-0.05, 0) is 30.9 Å². The summed E-state index contributed by atoms with van der Waals surface area (Å²) in [6.07, 6.45) is 4.21. The van der Waals surface area contributed by atoms with Gasteiger partial charge >= 0.3 is 0 Å². The van der Waals surface area contributed by atoms with E-state index in [2.05, 4.69) is 10.3 Å². The van der Waals surface area contributed by atoms with Gasteiger partial charge in [0.15, 0.2) is 0 Å². The molecule has 4 nitrogen and oxygen atoms in total. The monoisotopic (exact) mass is 257 g/mol. The quantitative estimate of drug-likeness (QED) is 0.884. The Morgan fingerprint density at radius 1 is 1.42 bits per heavy atom. The summed E-state index contributed by atoms with van der Waals surface area (Å²) < 4.78 is 0. The van der Waals surface area contributed by atoms with Crippen molar-refractivity contribution in [3.8, 4) is 0 Å². The van der Waals surface area contributed by atoms with Crippen LogP contribution in [0.25, 0.3) is 10.8 Å². The van der Waals surface area contributed by atoms with Gasteiger partial charge in [-0.15, -0.1) is 0 Å². The van der Waals surface area contributed by atoms with Crippen molar-refractivity contribution in [2.45, 2.75) is 20.3 Å². The van der Waals surface area contributed by atoms with Crippen molar-refractivity contribution < 1.29 is 4.79 Å². The van der Waals surface area contributed by atoms with E-state index in [9.17, 15) is 4.79 Å². The number of hydrogen-bond acceptors (Lipinski definition) is 3. The molecule has 1 heterocycles. The molecule has 1 atom stereocenters. The lowest BCUT2D eigenvalue weighted by atomic mass is 9.86. The zero-order valence-corrected chi connectivity index (χ0v) is 11.3. The molecule has 0 spiro atoms. The SMILES string of the molecule is CCC(C)(CN)C(=O)Nc1cccc2ccncc12. The maximum Gasteiger partial charge on any atom is 0.231 e. The normalized spacial score (nSPS) is 14.1. The maximum atomic E-state index is 12.3. The number of fused-ring (bicyclic) bond motifs is 1. The third kappa shape index (κ3) is 2.58. The van der Waals surface area contributed by atoms with Crippen LogP contribution in [0.4, 0.5) is 5.69 Å². The van der Waals surface area contributed by atoms with Gasteiger partial charge in [-0.25, -0.2) is 0 Å². The number of hydrogen-bond donors (Lipinski definition) is 2. The Labute approximate surface area is 113 Å². The second-order valence-corrected chi connectivity index (χ2v) is 4.97. The Bertz CT molecular complexity index is 585. The van der Waals surface area contributed by atoms with Gasteiger partial charge in [0, 0.05) is 24.3 Å². The van der Waals surface area contributed by atoms with Crippen molar-refractivity contribution in [2.24, 2.45) is 11.1 Å². The van der Waals surface area contributed by atoms with Gasteiger partial charge in [-0.3, -0.25) is 9.78 Å². The summed E-state index contributed by atoms with van der Waals surface area (Å²) in [7, 11) is 0. The molecule has 4 heteroatoms. The zero-order valence-electron chi connectivity index (χ0n) is 11.3. The summed E-state index contributed by atoms with van der Waals surface area (Å²) in [4.78, 5) is 16.4. The van der Waals surface area contributed by atoms with Crippen molar-refractivity contribution in [2.75, 3.05) is 11.9 Å². The Balaban J connectivity index is 2.34. The van der Waals surface area contributed by atoms with Crippen LogP contribution in [0.1, 0.15) is 20.3 Å². The Morgan fingerprint density at radius 3 is 2.89 bits per heavy atom. The van der Waals surface area contributed by atoms with E-state index >= 15 is 0 Å². The number of carbonyl (C=O) groups excluding carboxylic acids is 1. The molecule has 0 bridgehead atoms. The largest absolute Gasteiger partial charge is 0.329 e. The molecule has 1 aromatic heterocycles. The van der Waals surface area contributed by atoms with Crippen LogP contribution in [0.5, 0.6) is 0 Å². The summed E-state index contributed by atoms with van der Waals surface area (Å²) in [5, 5.41) is 4.96. The van der Waals surface area contributed by atoms with Gasteiger partial charge in [-0.1, -0.05) is 19.1 Å². The zero-order chi connectivity index (χ0) is 13.9. The Hall–Kier alpha value is -1.94. The number of nitrogens with zero attached hydrogens (tertiary/aromatic N) is 1. The third-order valence-electron chi connectivity index (χ3n) is 3.71. The van der Waals surface area contributed by atoms with Crippen molar-refractivity contribution in [3.63, 3.8) is 0 Å². The van der Waals surface area contributed by atoms with Gasteiger partial charge in [-0.2, -0.15) is 0 Å². The summed E-state index contributed by atoms with van der Waals surface area (Å²) in [5.74, 6) is -0.0474. The van der Waals surface area contributed by atoms with Gasteiger partial charge in [0.05, 0.1) is 11.1 Å². The molecule has 2 aromatic rings. The topological polar surface area (TPSA) is 68.0 Å². The first-order valence-corrected chi connectivity index (χ1v) is 6.45. The predicted molar refractivity (Wildman–Crippen MR) is 77.8 cm³/mol. The minimum absolute atomic E-state index is 0.0474. The molecule has 2 rings (SSSR count).